The molecule has 2 aliphatic carbocycles. The molecule has 1 unspecified atom stereocenters. The maximum atomic E-state index is 11.3. The molecule has 2 saturated carbocycles. The summed E-state index contributed by atoms with van der Waals surface area (Å²) in [6.07, 6.45) is 14.9. The first-order valence-corrected chi connectivity index (χ1v) is 19.3. The van der Waals surface area contributed by atoms with Crippen molar-refractivity contribution in [1.82, 2.24) is 14.9 Å². The summed E-state index contributed by atoms with van der Waals surface area (Å²) in [7, 11) is 0. The summed E-state index contributed by atoms with van der Waals surface area (Å²) in [5.41, 5.74) is 5.14. The lowest BCUT2D eigenvalue weighted by molar-refractivity contribution is -0.0851. The zero-order chi connectivity index (χ0) is 34.5. The largest absolute Gasteiger partial charge is 0.489 e. The molecule has 0 radical (unpaired) electrons. The van der Waals surface area contributed by atoms with Gasteiger partial charge in [-0.15, -0.1) is 11.8 Å². The maximum absolute atomic E-state index is 11.3. The van der Waals surface area contributed by atoms with Gasteiger partial charge in [-0.1, -0.05) is 75.8 Å². The van der Waals surface area contributed by atoms with Crippen molar-refractivity contribution < 1.29 is 14.7 Å². The van der Waals surface area contributed by atoms with E-state index < -0.39 is 0 Å². The monoisotopic (exact) mass is 705 g/mol. The standard InChI is InChI=1S/C35H44ClN5O3S.C4H8/c1-21(2)44-32-17-27(25-13-14-40(26-19-43-20-26)31(16-25)24-9-8-10-24)23(5)15-29(32)38-35-37-18-28(36)34(39-35)41(42)30-11-6-7-12-33(30)45-22(3)4;1-2-4-3-1/h6-7,11-12,15-18,21-22,24,26,31,42H,8-10,13-14,19-20H2,1-5H3,(H,37,38,39);1-4H2. The Labute approximate surface area is 301 Å². The number of ether oxygens (including phenoxy) is 2. The minimum Gasteiger partial charge on any atom is -0.489 e. The molecular weight excluding hydrogens is 654 g/mol. The summed E-state index contributed by atoms with van der Waals surface area (Å²) < 4.78 is 11.9. The molecule has 4 aliphatic rings. The number of halogens is 1. The van der Waals surface area contributed by atoms with Crippen molar-refractivity contribution in [2.24, 2.45) is 5.92 Å². The third-order valence-corrected chi connectivity index (χ3v) is 11.1. The molecule has 10 heteroatoms. The van der Waals surface area contributed by atoms with Gasteiger partial charge in [-0.3, -0.25) is 10.1 Å². The molecule has 2 aromatic carbocycles. The van der Waals surface area contributed by atoms with Crippen LogP contribution in [0.25, 0.3) is 5.57 Å². The summed E-state index contributed by atoms with van der Waals surface area (Å²) in [6, 6.07) is 13.0. The first-order valence-electron chi connectivity index (χ1n) is 18.1. The molecule has 0 amide bonds. The van der Waals surface area contributed by atoms with E-state index >= 15 is 0 Å². The fourth-order valence-electron chi connectivity index (χ4n) is 6.56. The summed E-state index contributed by atoms with van der Waals surface area (Å²) in [6.45, 7) is 13.2. The van der Waals surface area contributed by atoms with Gasteiger partial charge in [-0.25, -0.2) is 10.0 Å². The number of benzene rings is 2. The van der Waals surface area contributed by atoms with E-state index in [-0.39, 0.29) is 16.9 Å². The molecule has 3 fully saturated rings. The van der Waals surface area contributed by atoms with Gasteiger partial charge < -0.3 is 14.8 Å². The number of anilines is 4. The lowest BCUT2D eigenvalue weighted by Crippen LogP contribution is -2.57. The third kappa shape index (κ3) is 8.74. The van der Waals surface area contributed by atoms with E-state index in [2.05, 4.69) is 59.2 Å². The van der Waals surface area contributed by atoms with Crippen molar-refractivity contribution in [3.63, 3.8) is 0 Å². The number of aryl methyl sites for hydroxylation is 1. The molecule has 2 N–H and O–H groups in total. The number of para-hydroxylation sites is 1. The van der Waals surface area contributed by atoms with Crippen LogP contribution in [-0.4, -0.2) is 63.3 Å². The van der Waals surface area contributed by atoms with E-state index in [1.165, 1.54) is 62.3 Å². The van der Waals surface area contributed by atoms with Crippen LogP contribution in [0.1, 0.15) is 90.2 Å². The van der Waals surface area contributed by atoms with Crippen LogP contribution in [0.3, 0.4) is 0 Å². The predicted molar refractivity (Wildman–Crippen MR) is 202 cm³/mol. The lowest BCUT2D eigenvalue weighted by Gasteiger charge is -2.48. The van der Waals surface area contributed by atoms with Crippen LogP contribution in [-0.2, 0) is 4.74 Å². The highest BCUT2D eigenvalue weighted by Gasteiger charge is 2.39. The minimum absolute atomic E-state index is 0.0251. The molecule has 1 aromatic heterocycles. The lowest BCUT2D eigenvalue weighted by atomic mass is 9.76. The normalized spacial score (nSPS) is 19.7. The van der Waals surface area contributed by atoms with Gasteiger partial charge in [0.25, 0.3) is 0 Å². The Hall–Kier alpha value is -2.82. The van der Waals surface area contributed by atoms with Crippen LogP contribution in [0.15, 0.2) is 53.6 Å². The average Bonchev–Trinajstić information content (AvgIpc) is 2.97. The molecule has 3 heterocycles. The number of rotatable bonds is 11. The number of aromatic nitrogens is 2. The smallest absolute Gasteiger partial charge is 0.229 e. The number of hydrogen-bond acceptors (Lipinski definition) is 9. The van der Waals surface area contributed by atoms with Crippen LogP contribution in [0, 0.1) is 12.8 Å². The van der Waals surface area contributed by atoms with Crippen molar-refractivity contribution in [2.75, 3.05) is 30.1 Å². The predicted octanol–water partition coefficient (Wildman–Crippen LogP) is 10.2. The second kappa shape index (κ2) is 16.5. The Bertz CT molecular complexity index is 1600. The number of nitrogens with zero attached hydrogens (tertiary/aromatic N) is 4. The molecule has 49 heavy (non-hydrogen) atoms. The SMILES string of the molecule is C1CCC1.Cc1cc(Nc2ncc(Cl)c(N(O)c3ccccc3SC(C)C)n2)c(OC(C)C)cc1C1=CC(C2CCC2)N(C2COC2)CC1. The molecule has 1 atom stereocenters. The maximum Gasteiger partial charge on any atom is 0.229 e. The number of nitrogens with one attached hydrogen (secondary N) is 1. The van der Waals surface area contributed by atoms with Crippen LogP contribution < -0.4 is 15.1 Å². The summed E-state index contributed by atoms with van der Waals surface area (Å²) in [5.74, 6) is 1.97. The molecule has 2 aliphatic heterocycles. The van der Waals surface area contributed by atoms with Gasteiger partial charge in [0.1, 0.15) is 10.8 Å². The zero-order valence-corrected chi connectivity index (χ0v) is 31.2. The van der Waals surface area contributed by atoms with Gasteiger partial charge in [0.05, 0.1) is 42.9 Å². The van der Waals surface area contributed by atoms with Gasteiger partial charge in [0, 0.05) is 22.7 Å². The van der Waals surface area contributed by atoms with Crippen LogP contribution in [0.4, 0.5) is 23.1 Å². The van der Waals surface area contributed by atoms with Crippen molar-refractivity contribution >= 4 is 52.1 Å². The highest BCUT2D eigenvalue weighted by molar-refractivity contribution is 8.00. The Kier molecular flexibility index (Phi) is 12.1. The molecule has 1 saturated heterocycles. The molecule has 0 bridgehead atoms. The van der Waals surface area contributed by atoms with Crippen molar-refractivity contribution in [3.05, 3.63) is 64.8 Å². The molecule has 8 nitrogen and oxygen atoms in total. The Morgan fingerprint density at radius 1 is 1.06 bits per heavy atom. The quantitative estimate of drug-likeness (QED) is 0.150. The Morgan fingerprint density at radius 2 is 1.80 bits per heavy atom. The topological polar surface area (TPSA) is 83.0 Å². The minimum atomic E-state index is -0.0251. The van der Waals surface area contributed by atoms with Crippen molar-refractivity contribution in [1.29, 1.82) is 0 Å². The number of hydrogen-bond donors (Lipinski definition) is 2. The first-order chi connectivity index (χ1) is 23.7. The molecule has 0 spiro atoms. The molecular formula is C39H52ClN5O3S. The highest BCUT2D eigenvalue weighted by Crippen LogP contribution is 2.42. The van der Waals surface area contributed by atoms with Crippen molar-refractivity contribution in [2.45, 2.75) is 114 Å². The van der Waals surface area contributed by atoms with Crippen LogP contribution in [0.5, 0.6) is 5.75 Å². The van der Waals surface area contributed by atoms with Crippen molar-refractivity contribution in [3.8, 4) is 5.75 Å². The molecule has 7 rings (SSSR count). The molecule has 3 aromatic rings. The van der Waals surface area contributed by atoms with E-state index in [4.69, 9.17) is 21.1 Å². The summed E-state index contributed by atoms with van der Waals surface area (Å²) in [5, 5.41) is 16.3. The van der Waals surface area contributed by atoms with E-state index in [0.29, 0.717) is 29.0 Å². The third-order valence-electron chi connectivity index (χ3n) is 9.78. The van der Waals surface area contributed by atoms with Crippen LogP contribution >= 0.6 is 23.4 Å². The van der Waals surface area contributed by atoms with Crippen LogP contribution in [0.2, 0.25) is 5.02 Å². The second-order valence-corrected chi connectivity index (χ2v) is 16.3. The van der Waals surface area contributed by atoms with E-state index in [1.54, 1.807) is 11.8 Å². The van der Waals surface area contributed by atoms with Gasteiger partial charge in [0.15, 0.2) is 5.82 Å². The Balaban J connectivity index is 0.000000971. The average molecular weight is 706 g/mol. The van der Waals surface area contributed by atoms with E-state index in [9.17, 15) is 5.21 Å². The second-order valence-electron chi connectivity index (χ2n) is 14.2. The van der Waals surface area contributed by atoms with E-state index in [1.807, 2.05) is 38.1 Å². The highest BCUT2D eigenvalue weighted by atomic mass is 35.5. The van der Waals surface area contributed by atoms with E-state index in [0.717, 1.165) is 59.1 Å². The number of thioether (sulfide) groups is 1. The summed E-state index contributed by atoms with van der Waals surface area (Å²) >= 11 is 8.18. The fraction of sp³-hybridized carbons (Fsp3) is 0.538. The first kappa shape index (κ1) is 36.0. The zero-order valence-electron chi connectivity index (χ0n) is 29.6. The van der Waals surface area contributed by atoms with Gasteiger partial charge in [0.2, 0.25) is 5.95 Å². The van der Waals surface area contributed by atoms with Gasteiger partial charge in [-0.2, -0.15) is 4.98 Å². The summed E-state index contributed by atoms with van der Waals surface area (Å²) in [4.78, 5) is 12.7. The molecule has 264 valence electrons. The fourth-order valence-corrected chi connectivity index (χ4v) is 7.67. The van der Waals surface area contributed by atoms with Gasteiger partial charge in [-0.05, 0) is 86.9 Å². The Morgan fingerprint density at radius 3 is 2.41 bits per heavy atom. The van der Waals surface area contributed by atoms with Gasteiger partial charge >= 0.3 is 0 Å².